The molecule has 0 heterocycles. The molecule has 0 saturated heterocycles. The molecule has 0 aliphatic carbocycles. The minimum Gasteiger partial charge on any atom is -0.277 e. The van der Waals surface area contributed by atoms with Crippen LogP contribution in [0.25, 0.3) is 0 Å². The van der Waals surface area contributed by atoms with Crippen LogP contribution in [-0.2, 0) is 19.5 Å². The van der Waals surface area contributed by atoms with Crippen LogP contribution in [0.15, 0.2) is 0 Å². The molecule has 1 unspecified atom stereocenters. The van der Waals surface area contributed by atoms with Crippen LogP contribution in [0, 0.1) is 0 Å². The Morgan fingerprint density at radius 1 is 1.50 bits per heavy atom. The molecular formula is C8H17NO4S. The summed E-state index contributed by atoms with van der Waals surface area (Å²) in [5, 5.41) is 0. The lowest BCUT2D eigenvalue weighted by Crippen LogP contribution is -2.49. The average molecular weight is 223 g/mol. The molecule has 0 spiro atoms. The van der Waals surface area contributed by atoms with E-state index in [1.54, 1.807) is 0 Å². The fourth-order valence-electron chi connectivity index (χ4n) is 1.15. The minimum absolute atomic E-state index is 0.279. The van der Waals surface area contributed by atoms with E-state index in [1.165, 1.54) is 14.0 Å². The van der Waals surface area contributed by atoms with Crippen LogP contribution >= 0.6 is 0 Å². The Bertz CT molecular complexity index is 298. The first kappa shape index (κ1) is 13.4. The molecule has 6 heteroatoms. The van der Waals surface area contributed by atoms with Crippen molar-refractivity contribution in [3.8, 4) is 0 Å². The third-order valence-corrected chi connectivity index (χ3v) is 4.25. The van der Waals surface area contributed by atoms with Crippen LogP contribution in [-0.4, -0.2) is 32.4 Å². The van der Waals surface area contributed by atoms with Crippen molar-refractivity contribution in [1.82, 2.24) is 5.48 Å². The van der Waals surface area contributed by atoms with Gasteiger partial charge in [-0.3, -0.25) is 9.63 Å². The van der Waals surface area contributed by atoms with E-state index in [1.807, 2.05) is 6.92 Å². The Morgan fingerprint density at radius 2 is 2.00 bits per heavy atom. The molecule has 0 rings (SSSR count). The van der Waals surface area contributed by atoms with Gasteiger partial charge in [-0.2, -0.15) is 0 Å². The molecule has 84 valence electrons. The molecule has 0 saturated carbocycles. The molecular weight excluding hydrogens is 206 g/mol. The lowest BCUT2D eigenvalue weighted by molar-refractivity contribution is -0.133. The minimum atomic E-state index is -3.44. The zero-order valence-electron chi connectivity index (χ0n) is 8.96. The summed E-state index contributed by atoms with van der Waals surface area (Å²) in [4.78, 5) is 15.9. The highest BCUT2D eigenvalue weighted by Crippen LogP contribution is 2.22. The van der Waals surface area contributed by atoms with E-state index >= 15 is 0 Å². The van der Waals surface area contributed by atoms with Gasteiger partial charge in [0.2, 0.25) is 0 Å². The fourth-order valence-corrected chi connectivity index (χ4v) is 2.10. The summed E-state index contributed by atoms with van der Waals surface area (Å²) in [5.41, 5.74) is 2.06. The number of hydrogen-bond acceptors (Lipinski definition) is 4. The van der Waals surface area contributed by atoms with Crippen LogP contribution in [0.2, 0.25) is 0 Å². The van der Waals surface area contributed by atoms with Crippen LogP contribution in [0.3, 0.4) is 0 Å². The zero-order valence-corrected chi connectivity index (χ0v) is 9.77. The summed E-state index contributed by atoms with van der Waals surface area (Å²) >= 11 is 0. The van der Waals surface area contributed by atoms with Gasteiger partial charge >= 0.3 is 0 Å². The summed E-state index contributed by atoms with van der Waals surface area (Å²) < 4.78 is 21.5. The molecule has 5 nitrogen and oxygen atoms in total. The third-order valence-electron chi connectivity index (χ3n) is 2.22. The molecule has 0 aromatic rings. The van der Waals surface area contributed by atoms with Gasteiger partial charge in [0.05, 0.1) is 7.11 Å². The van der Waals surface area contributed by atoms with E-state index < -0.39 is 20.5 Å². The first-order valence-electron chi connectivity index (χ1n) is 4.32. The highest BCUT2D eigenvalue weighted by atomic mass is 32.2. The second kappa shape index (κ2) is 4.75. The number of nitrogens with one attached hydrogen (secondary N) is 1. The van der Waals surface area contributed by atoms with Crippen LogP contribution in [0.1, 0.15) is 26.7 Å². The van der Waals surface area contributed by atoms with Gasteiger partial charge in [-0.25, -0.2) is 13.9 Å². The molecule has 1 atom stereocenters. The quantitative estimate of drug-likeness (QED) is 0.679. The van der Waals surface area contributed by atoms with Gasteiger partial charge in [-0.15, -0.1) is 0 Å². The molecule has 0 aromatic carbocycles. The Kier molecular flexibility index (Phi) is 4.54. The summed E-state index contributed by atoms with van der Waals surface area (Å²) in [6, 6.07) is 0. The summed E-state index contributed by atoms with van der Waals surface area (Å²) in [6.07, 6.45) is 1.94. The summed E-state index contributed by atoms with van der Waals surface area (Å²) in [5.74, 6) is -0.621. The van der Waals surface area contributed by atoms with E-state index in [2.05, 4.69) is 10.3 Å². The van der Waals surface area contributed by atoms with Gasteiger partial charge in [0.1, 0.15) is 4.75 Å². The number of hydroxylamine groups is 1. The van der Waals surface area contributed by atoms with Crippen molar-refractivity contribution < 1.29 is 18.0 Å². The standard InChI is InChI=1S/C8H17NO4S/c1-5-6-8(2,14(4,11)12)7(10)9-13-3/h5-6H2,1-4H3,(H,9,10). The van der Waals surface area contributed by atoms with E-state index in [-0.39, 0.29) is 6.42 Å². The Morgan fingerprint density at radius 3 is 2.29 bits per heavy atom. The number of carbonyl (C=O) groups is 1. The van der Waals surface area contributed by atoms with E-state index in [0.717, 1.165) is 6.26 Å². The molecule has 0 aromatic heterocycles. The fraction of sp³-hybridized carbons (Fsp3) is 0.875. The predicted octanol–water partition coefficient (Wildman–Crippen LogP) is 0.267. The monoisotopic (exact) mass is 223 g/mol. The number of sulfone groups is 1. The van der Waals surface area contributed by atoms with Crippen molar-refractivity contribution in [1.29, 1.82) is 0 Å². The Labute approximate surface area is 84.7 Å². The normalized spacial score (nSPS) is 16.0. The average Bonchev–Trinajstić information content (AvgIpc) is 2.03. The summed E-state index contributed by atoms with van der Waals surface area (Å²) in [7, 11) is -2.17. The highest BCUT2D eigenvalue weighted by Gasteiger charge is 2.42. The smallest absolute Gasteiger partial charge is 0.264 e. The van der Waals surface area contributed by atoms with E-state index in [9.17, 15) is 13.2 Å². The SMILES string of the molecule is CCCC(C)(C(=O)NOC)S(C)(=O)=O. The van der Waals surface area contributed by atoms with Crippen molar-refractivity contribution in [2.45, 2.75) is 31.4 Å². The van der Waals surface area contributed by atoms with Crippen molar-refractivity contribution in [3.63, 3.8) is 0 Å². The van der Waals surface area contributed by atoms with Crippen molar-refractivity contribution in [2.75, 3.05) is 13.4 Å². The van der Waals surface area contributed by atoms with Gasteiger partial charge < -0.3 is 0 Å². The largest absolute Gasteiger partial charge is 0.277 e. The third kappa shape index (κ3) is 2.68. The van der Waals surface area contributed by atoms with Crippen LogP contribution in [0.5, 0.6) is 0 Å². The molecule has 14 heavy (non-hydrogen) atoms. The lowest BCUT2D eigenvalue weighted by atomic mass is 10.1. The highest BCUT2D eigenvalue weighted by molar-refractivity contribution is 7.92. The van der Waals surface area contributed by atoms with Gasteiger partial charge in [-0.05, 0) is 13.3 Å². The van der Waals surface area contributed by atoms with Crippen LogP contribution in [0.4, 0.5) is 0 Å². The maximum atomic E-state index is 11.5. The molecule has 0 aliphatic rings. The molecule has 0 bridgehead atoms. The number of hydrogen-bond donors (Lipinski definition) is 1. The Hall–Kier alpha value is -0.620. The van der Waals surface area contributed by atoms with Crippen LogP contribution < -0.4 is 5.48 Å². The van der Waals surface area contributed by atoms with Gasteiger partial charge in [0.15, 0.2) is 9.84 Å². The first-order chi connectivity index (χ1) is 6.29. The summed E-state index contributed by atoms with van der Waals surface area (Å²) in [6.45, 7) is 3.23. The second-order valence-electron chi connectivity index (χ2n) is 3.39. The van der Waals surface area contributed by atoms with Gasteiger partial charge in [-0.1, -0.05) is 13.3 Å². The second-order valence-corrected chi connectivity index (χ2v) is 5.83. The van der Waals surface area contributed by atoms with Crippen molar-refractivity contribution >= 4 is 15.7 Å². The molecule has 0 aliphatic heterocycles. The maximum Gasteiger partial charge on any atom is 0.264 e. The zero-order chi connectivity index (χ0) is 11.4. The maximum absolute atomic E-state index is 11.5. The number of amides is 1. The van der Waals surface area contributed by atoms with E-state index in [0.29, 0.717) is 6.42 Å². The number of rotatable bonds is 5. The molecule has 1 N–H and O–H groups in total. The Balaban J connectivity index is 5.01. The lowest BCUT2D eigenvalue weighted by Gasteiger charge is -2.24. The van der Waals surface area contributed by atoms with Crippen molar-refractivity contribution in [2.24, 2.45) is 0 Å². The molecule has 1 amide bonds. The van der Waals surface area contributed by atoms with Crippen molar-refractivity contribution in [3.05, 3.63) is 0 Å². The number of carbonyl (C=O) groups excluding carboxylic acids is 1. The predicted molar refractivity (Wildman–Crippen MR) is 53.3 cm³/mol. The van der Waals surface area contributed by atoms with Gasteiger partial charge in [0.25, 0.3) is 5.91 Å². The molecule has 0 radical (unpaired) electrons. The van der Waals surface area contributed by atoms with Gasteiger partial charge in [0, 0.05) is 6.26 Å². The topological polar surface area (TPSA) is 72.5 Å². The first-order valence-corrected chi connectivity index (χ1v) is 6.21. The van der Waals surface area contributed by atoms with E-state index in [4.69, 9.17) is 0 Å². The molecule has 0 fully saturated rings.